The highest BCUT2D eigenvalue weighted by molar-refractivity contribution is 5.73. The molecule has 1 rings (SSSR count). The van der Waals surface area contributed by atoms with Crippen molar-refractivity contribution in [3.63, 3.8) is 0 Å². The Kier molecular flexibility index (Phi) is 5.27. The van der Waals surface area contributed by atoms with Gasteiger partial charge in [-0.1, -0.05) is 6.92 Å². The molecule has 1 heterocycles. The average Bonchev–Trinajstić information content (AvgIpc) is 2.65. The molecule has 0 radical (unpaired) electrons. The molecule has 0 aromatic carbocycles. The Morgan fingerprint density at radius 3 is 2.88 bits per heavy atom. The summed E-state index contributed by atoms with van der Waals surface area (Å²) in [4.78, 5) is 13.7. The van der Waals surface area contributed by atoms with Gasteiger partial charge in [-0.15, -0.1) is 0 Å². The van der Waals surface area contributed by atoms with Crippen molar-refractivity contribution in [3.8, 4) is 6.07 Å². The lowest BCUT2D eigenvalue weighted by Crippen LogP contribution is -2.25. The molecule has 4 heteroatoms. The third-order valence-electron chi connectivity index (χ3n) is 3.20. The molecule has 0 amide bonds. The van der Waals surface area contributed by atoms with Gasteiger partial charge in [0.2, 0.25) is 0 Å². The Labute approximate surface area is 97.2 Å². The highest BCUT2D eigenvalue weighted by Crippen LogP contribution is 2.24. The van der Waals surface area contributed by atoms with E-state index in [1.54, 1.807) is 0 Å². The molecule has 16 heavy (non-hydrogen) atoms. The summed E-state index contributed by atoms with van der Waals surface area (Å²) in [6.07, 6.45) is 2.61. The number of likely N-dealkylation sites (tertiary alicyclic amines) is 1. The summed E-state index contributed by atoms with van der Waals surface area (Å²) in [5.74, 6) is 0.316. The van der Waals surface area contributed by atoms with Crippen molar-refractivity contribution in [3.05, 3.63) is 0 Å². The first-order valence-corrected chi connectivity index (χ1v) is 5.86. The van der Waals surface area contributed by atoms with Gasteiger partial charge in [-0.05, 0) is 25.3 Å². The van der Waals surface area contributed by atoms with E-state index in [0.29, 0.717) is 12.3 Å². The number of methoxy groups -OCH3 is 1. The van der Waals surface area contributed by atoms with Crippen LogP contribution in [0, 0.1) is 23.2 Å². The fourth-order valence-electron chi connectivity index (χ4n) is 2.25. The van der Waals surface area contributed by atoms with Crippen LogP contribution in [0.1, 0.15) is 26.2 Å². The monoisotopic (exact) mass is 224 g/mol. The molecule has 2 atom stereocenters. The van der Waals surface area contributed by atoms with Gasteiger partial charge in [0.25, 0.3) is 0 Å². The largest absolute Gasteiger partial charge is 0.469 e. The number of nitriles is 1. The summed E-state index contributed by atoms with van der Waals surface area (Å²) in [6.45, 7) is 4.85. The lowest BCUT2D eigenvalue weighted by Gasteiger charge is -2.14. The number of hydrogen-bond acceptors (Lipinski definition) is 4. The second kappa shape index (κ2) is 6.49. The van der Waals surface area contributed by atoms with Crippen molar-refractivity contribution in [2.75, 3.05) is 26.7 Å². The second-order valence-electron chi connectivity index (χ2n) is 4.48. The Morgan fingerprint density at radius 1 is 1.50 bits per heavy atom. The van der Waals surface area contributed by atoms with Crippen LogP contribution in [0.15, 0.2) is 0 Å². The van der Waals surface area contributed by atoms with Gasteiger partial charge in [0.05, 0.1) is 19.1 Å². The van der Waals surface area contributed by atoms with E-state index in [-0.39, 0.29) is 11.9 Å². The van der Waals surface area contributed by atoms with E-state index in [9.17, 15) is 4.79 Å². The standard InChI is InChI=1S/C12H20N2O2/c1-10-8-14(7-5-3-4-6-13)9-11(10)12(15)16-2/h10-11H,3-5,7-9H2,1-2H3. The highest BCUT2D eigenvalue weighted by atomic mass is 16.5. The molecule has 0 aliphatic carbocycles. The quantitative estimate of drug-likeness (QED) is 0.523. The van der Waals surface area contributed by atoms with E-state index in [1.165, 1.54) is 7.11 Å². The number of nitrogens with zero attached hydrogens (tertiary/aromatic N) is 2. The van der Waals surface area contributed by atoms with Crippen LogP contribution in [0.25, 0.3) is 0 Å². The van der Waals surface area contributed by atoms with E-state index in [2.05, 4.69) is 17.9 Å². The van der Waals surface area contributed by atoms with Crippen molar-refractivity contribution < 1.29 is 9.53 Å². The van der Waals surface area contributed by atoms with E-state index in [0.717, 1.165) is 32.5 Å². The minimum absolute atomic E-state index is 0.0287. The number of hydrogen-bond donors (Lipinski definition) is 0. The van der Waals surface area contributed by atoms with Gasteiger partial charge in [-0.3, -0.25) is 4.79 Å². The summed E-state index contributed by atoms with van der Waals surface area (Å²) in [5, 5.41) is 8.42. The van der Waals surface area contributed by atoms with E-state index >= 15 is 0 Å². The van der Waals surface area contributed by atoms with E-state index in [1.807, 2.05) is 0 Å². The van der Waals surface area contributed by atoms with Gasteiger partial charge in [0.1, 0.15) is 0 Å². The molecule has 2 unspecified atom stereocenters. The minimum Gasteiger partial charge on any atom is -0.469 e. The molecular formula is C12H20N2O2. The molecule has 1 saturated heterocycles. The molecule has 0 aromatic rings. The first kappa shape index (κ1) is 13.0. The van der Waals surface area contributed by atoms with E-state index < -0.39 is 0 Å². The summed E-state index contributed by atoms with van der Waals surface area (Å²) in [6, 6.07) is 2.15. The lowest BCUT2D eigenvalue weighted by atomic mass is 9.99. The smallest absolute Gasteiger partial charge is 0.310 e. The van der Waals surface area contributed by atoms with Crippen LogP contribution in [-0.4, -0.2) is 37.6 Å². The number of ether oxygens (including phenoxy) is 1. The zero-order valence-electron chi connectivity index (χ0n) is 10.1. The average molecular weight is 224 g/mol. The molecule has 4 nitrogen and oxygen atoms in total. The number of rotatable bonds is 5. The first-order valence-electron chi connectivity index (χ1n) is 5.86. The third-order valence-corrected chi connectivity index (χ3v) is 3.20. The molecule has 0 aromatic heterocycles. The van der Waals surface area contributed by atoms with Crippen molar-refractivity contribution in [1.29, 1.82) is 5.26 Å². The topological polar surface area (TPSA) is 53.3 Å². The van der Waals surface area contributed by atoms with Crippen LogP contribution in [0.3, 0.4) is 0 Å². The second-order valence-corrected chi connectivity index (χ2v) is 4.48. The van der Waals surface area contributed by atoms with Crippen LogP contribution < -0.4 is 0 Å². The lowest BCUT2D eigenvalue weighted by molar-refractivity contribution is -0.146. The number of unbranched alkanes of at least 4 members (excludes halogenated alkanes) is 2. The van der Waals surface area contributed by atoms with Gasteiger partial charge in [0, 0.05) is 19.5 Å². The minimum atomic E-state index is -0.0907. The Balaban J connectivity index is 2.27. The van der Waals surface area contributed by atoms with Crippen LogP contribution in [0.2, 0.25) is 0 Å². The van der Waals surface area contributed by atoms with Gasteiger partial charge >= 0.3 is 5.97 Å². The Hall–Kier alpha value is -1.08. The van der Waals surface area contributed by atoms with Crippen molar-refractivity contribution in [2.24, 2.45) is 11.8 Å². The Morgan fingerprint density at radius 2 is 2.25 bits per heavy atom. The van der Waals surface area contributed by atoms with Gasteiger partial charge in [-0.25, -0.2) is 0 Å². The van der Waals surface area contributed by atoms with Crippen molar-refractivity contribution in [1.82, 2.24) is 4.90 Å². The maximum Gasteiger partial charge on any atom is 0.310 e. The van der Waals surface area contributed by atoms with Crippen LogP contribution in [-0.2, 0) is 9.53 Å². The zero-order valence-corrected chi connectivity index (χ0v) is 10.1. The highest BCUT2D eigenvalue weighted by Gasteiger charge is 2.34. The summed E-state index contributed by atoms with van der Waals surface area (Å²) in [7, 11) is 1.45. The molecule has 1 aliphatic heterocycles. The molecular weight excluding hydrogens is 204 g/mol. The molecule has 0 N–H and O–H groups in total. The van der Waals surface area contributed by atoms with Gasteiger partial charge in [-0.2, -0.15) is 5.26 Å². The fourth-order valence-corrected chi connectivity index (χ4v) is 2.25. The number of carbonyl (C=O) groups is 1. The molecule has 90 valence electrons. The molecule has 1 fully saturated rings. The fraction of sp³-hybridized carbons (Fsp3) is 0.833. The van der Waals surface area contributed by atoms with Crippen LogP contribution in [0.4, 0.5) is 0 Å². The summed E-state index contributed by atoms with van der Waals surface area (Å²) < 4.78 is 4.79. The van der Waals surface area contributed by atoms with Crippen LogP contribution >= 0.6 is 0 Å². The molecule has 0 saturated carbocycles. The van der Waals surface area contributed by atoms with Gasteiger partial charge in [0.15, 0.2) is 0 Å². The molecule has 0 bridgehead atoms. The molecule has 1 aliphatic rings. The SMILES string of the molecule is COC(=O)C1CN(CCCCC#N)CC1C. The molecule has 0 spiro atoms. The van der Waals surface area contributed by atoms with Crippen molar-refractivity contribution >= 4 is 5.97 Å². The predicted molar refractivity (Wildman–Crippen MR) is 60.6 cm³/mol. The van der Waals surface area contributed by atoms with Crippen LogP contribution in [0.5, 0.6) is 0 Å². The predicted octanol–water partition coefficient (Wildman–Crippen LogP) is 1.42. The Bertz CT molecular complexity index is 273. The number of esters is 1. The van der Waals surface area contributed by atoms with Crippen molar-refractivity contribution in [2.45, 2.75) is 26.2 Å². The summed E-state index contributed by atoms with van der Waals surface area (Å²) >= 11 is 0. The maximum absolute atomic E-state index is 11.5. The summed E-state index contributed by atoms with van der Waals surface area (Å²) in [5.41, 5.74) is 0. The van der Waals surface area contributed by atoms with Gasteiger partial charge < -0.3 is 9.64 Å². The number of carbonyl (C=O) groups excluding carboxylic acids is 1. The maximum atomic E-state index is 11.5. The zero-order chi connectivity index (χ0) is 12.0. The first-order chi connectivity index (χ1) is 7.69. The third kappa shape index (κ3) is 3.49. The van der Waals surface area contributed by atoms with E-state index in [4.69, 9.17) is 10.00 Å². The normalized spacial score (nSPS) is 25.3.